The molecule has 2 aromatic carbocycles. The topological polar surface area (TPSA) is 62.9 Å². The molecule has 0 spiro atoms. The standard InChI is InChI=1S/C24H22BrN5O/c25-20-6-4-17(5-7-20)15-30-23(31)21-16-28(14-19-3-1-2-18(12-19)13-26)10-8-22(21)29-11-9-27-24(29)30/h1-7,12H,8-11,14-16H2. The minimum atomic E-state index is 0.0605. The van der Waals surface area contributed by atoms with Gasteiger partial charge in [-0.3, -0.25) is 19.6 Å². The highest BCUT2D eigenvalue weighted by Crippen LogP contribution is 2.32. The molecule has 2 aromatic rings. The summed E-state index contributed by atoms with van der Waals surface area (Å²) in [5, 5.41) is 9.17. The van der Waals surface area contributed by atoms with Gasteiger partial charge in [-0.25, -0.2) is 0 Å². The molecule has 0 saturated carbocycles. The number of guanidine groups is 1. The Morgan fingerprint density at radius 2 is 1.90 bits per heavy atom. The first-order valence-electron chi connectivity index (χ1n) is 10.4. The molecule has 0 aromatic heterocycles. The Morgan fingerprint density at radius 3 is 2.71 bits per heavy atom. The predicted molar refractivity (Wildman–Crippen MR) is 122 cm³/mol. The van der Waals surface area contributed by atoms with Gasteiger partial charge in [0, 0.05) is 42.8 Å². The van der Waals surface area contributed by atoms with Crippen LogP contribution in [-0.4, -0.2) is 52.7 Å². The van der Waals surface area contributed by atoms with Crippen molar-refractivity contribution in [1.29, 1.82) is 5.26 Å². The van der Waals surface area contributed by atoms with Crippen LogP contribution < -0.4 is 0 Å². The molecule has 0 aliphatic carbocycles. The summed E-state index contributed by atoms with van der Waals surface area (Å²) in [5.41, 5.74) is 4.86. The number of carbonyl (C=O) groups is 1. The molecule has 0 unspecified atom stereocenters. The largest absolute Gasteiger partial charge is 0.314 e. The zero-order valence-corrected chi connectivity index (χ0v) is 18.7. The summed E-state index contributed by atoms with van der Waals surface area (Å²) in [6.45, 7) is 4.31. The van der Waals surface area contributed by atoms with Crippen molar-refractivity contribution in [3.05, 3.63) is 81.0 Å². The third-order valence-electron chi connectivity index (χ3n) is 6.00. The lowest BCUT2D eigenvalue weighted by molar-refractivity contribution is -0.125. The minimum Gasteiger partial charge on any atom is -0.314 e. The number of nitrogens with zero attached hydrogens (tertiary/aromatic N) is 5. The second-order valence-corrected chi connectivity index (χ2v) is 8.96. The number of benzene rings is 2. The van der Waals surface area contributed by atoms with E-state index >= 15 is 0 Å². The van der Waals surface area contributed by atoms with Gasteiger partial charge in [-0.15, -0.1) is 0 Å². The van der Waals surface area contributed by atoms with E-state index in [0.29, 0.717) is 18.7 Å². The van der Waals surface area contributed by atoms with Crippen molar-refractivity contribution >= 4 is 27.8 Å². The Kier molecular flexibility index (Phi) is 5.34. The van der Waals surface area contributed by atoms with Crippen molar-refractivity contribution in [1.82, 2.24) is 14.7 Å². The van der Waals surface area contributed by atoms with E-state index in [9.17, 15) is 4.79 Å². The van der Waals surface area contributed by atoms with Gasteiger partial charge in [0.25, 0.3) is 5.91 Å². The predicted octanol–water partition coefficient (Wildman–Crippen LogP) is 3.49. The Bertz CT molecular complexity index is 1130. The summed E-state index contributed by atoms with van der Waals surface area (Å²) in [5.74, 6) is 0.854. The fourth-order valence-electron chi connectivity index (χ4n) is 4.52. The number of hydrogen-bond donors (Lipinski definition) is 0. The van der Waals surface area contributed by atoms with E-state index in [4.69, 9.17) is 5.26 Å². The lowest BCUT2D eigenvalue weighted by Gasteiger charge is -2.42. The molecule has 3 aliphatic heterocycles. The molecule has 7 heteroatoms. The number of nitriles is 1. The van der Waals surface area contributed by atoms with Gasteiger partial charge in [0.15, 0.2) is 0 Å². The first kappa shape index (κ1) is 20.0. The second-order valence-electron chi connectivity index (χ2n) is 8.05. The molecule has 5 rings (SSSR count). The SMILES string of the molecule is N#Cc1cccc(CN2CCC3=C(C2)C(=O)N(Cc2ccc(Br)cc2)C2=NCCN23)c1. The molecular weight excluding hydrogens is 454 g/mol. The van der Waals surface area contributed by atoms with Gasteiger partial charge in [0.2, 0.25) is 5.96 Å². The van der Waals surface area contributed by atoms with Crippen molar-refractivity contribution in [3.63, 3.8) is 0 Å². The zero-order valence-electron chi connectivity index (χ0n) is 17.1. The molecule has 6 nitrogen and oxygen atoms in total. The van der Waals surface area contributed by atoms with Crippen molar-refractivity contribution in [2.24, 2.45) is 4.99 Å². The Morgan fingerprint density at radius 1 is 1.06 bits per heavy atom. The van der Waals surface area contributed by atoms with Crippen LogP contribution in [0, 0.1) is 11.3 Å². The second kappa shape index (κ2) is 8.29. The Hall–Kier alpha value is -2.95. The molecule has 31 heavy (non-hydrogen) atoms. The monoisotopic (exact) mass is 475 g/mol. The van der Waals surface area contributed by atoms with E-state index in [0.717, 1.165) is 65.4 Å². The number of aliphatic imine (C=N–C) groups is 1. The van der Waals surface area contributed by atoms with Crippen LogP contribution in [0.3, 0.4) is 0 Å². The van der Waals surface area contributed by atoms with Crippen molar-refractivity contribution in [2.75, 3.05) is 26.2 Å². The van der Waals surface area contributed by atoms with E-state index in [2.05, 4.69) is 36.8 Å². The van der Waals surface area contributed by atoms with E-state index < -0.39 is 0 Å². The molecule has 0 bridgehead atoms. The highest BCUT2D eigenvalue weighted by Gasteiger charge is 2.40. The molecule has 0 fully saturated rings. The number of amides is 1. The Balaban J connectivity index is 1.39. The Labute approximate surface area is 190 Å². The smallest absolute Gasteiger partial charge is 0.259 e. The molecule has 156 valence electrons. The van der Waals surface area contributed by atoms with Gasteiger partial charge in [-0.05, 0) is 35.4 Å². The number of hydrogen-bond acceptors (Lipinski definition) is 5. The van der Waals surface area contributed by atoms with Crippen LogP contribution in [0.1, 0.15) is 23.1 Å². The van der Waals surface area contributed by atoms with Crippen molar-refractivity contribution in [2.45, 2.75) is 19.5 Å². The van der Waals surface area contributed by atoms with Gasteiger partial charge in [0.05, 0.1) is 30.3 Å². The van der Waals surface area contributed by atoms with E-state index in [1.54, 1.807) is 0 Å². The lowest BCUT2D eigenvalue weighted by atomic mass is 10.00. The van der Waals surface area contributed by atoms with Crippen LogP contribution in [0.4, 0.5) is 0 Å². The fourth-order valence-corrected chi connectivity index (χ4v) is 4.79. The van der Waals surface area contributed by atoms with Gasteiger partial charge in [-0.2, -0.15) is 5.26 Å². The minimum absolute atomic E-state index is 0.0605. The molecule has 0 saturated heterocycles. The molecule has 0 radical (unpaired) electrons. The highest BCUT2D eigenvalue weighted by atomic mass is 79.9. The normalized spacial score (nSPS) is 18.6. The van der Waals surface area contributed by atoms with E-state index in [-0.39, 0.29) is 5.91 Å². The number of fused-ring (bicyclic) bond motifs is 2. The van der Waals surface area contributed by atoms with Gasteiger partial charge < -0.3 is 4.90 Å². The molecule has 3 aliphatic rings. The summed E-state index contributed by atoms with van der Waals surface area (Å²) in [6.07, 6.45) is 0.837. The maximum atomic E-state index is 13.6. The molecule has 0 N–H and O–H groups in total. The van der Waals surface area contributed by atoms with Gasteiger partial charge in [0.1, 0.15) is 0 Å². The maximum Gasteiger partial charge on any atom is 0.259 e. The van der Waals surface area contributed by atoms with Crippen LogP contribution in [0.15, 0.2) is 69.3 Å². The van der Waals surface area contributed by atoms with Gasteiger partial charge in [-0.1, -0.05) is 40.2 Å². The quantitative estimate of drug-likeness (QED) is 0.678. The molecular formula is C24H22BrN5O. The lowest BCUT2D eigenvalue weighted by Crippen LogP contribution is -2.53. The molecule has 0 atom stereocenters. The number of carbonyl (C=O) groups excluding carboxylic acids is 1. The van der Waals surface area contributed by atoms with Crippen molar-refractivity contribution < 1.29 is 4.79 Å². The summed E-state index contributed by atoms with van der Waals surface area (Å²) in [7, 11) is 0. The summed E-state index contributed by atoms with van der Waals surface area (Å²) < 4.78 is 1.02. The third kappa shape index (κ3) is 3.89. The number of rotatable bonds is 4. The van der Waals surface area contributed by atoms with Crippen LogP contribution in [-0.2, 0) is 17.9 Å². The van der Waals surface area contributed by atoms with E-state index in [1.165, 1.54) is 0 Å². The van der Waals surface area contributed by atoms with Crippen LogP contribution in [0.25, 0.3) is 0 Å². The van der Waals surface area contributed by atoms with Crippen LogP contribution >= 0.6 is 15.9 Å². The zero-order chi connectivity index (χ0) is 21.4. The van der Waals surface area contributed by atoms with Crippen molar-refractivity contribution in [3.8, 4) is 6.07 Å². The first-order valence-corrected chi connectivity index (χ1v) is 11.2. The maximum absolute atomic E-state index is 13.6. The fraction of sp³-hybridized carbons (Fsp3) is 0.292. The van der Waals surface area contributed by atoms with Crippen LogP contribution in [0.2, 0.25) is 0 Å². The summed E-state index contributed by atoms with van der Waals surface area (Å²) in [4.78, 5) is 24.6. The molecule has 1 amide bonds. The summed E-state index contributed by atoms with van der Waals surface area (Å²) >= 11 is 3.47. The van der Waals surface area contributed by atoms with Crippen LogP contribution in [0.5, 0.6) is 0 Å². The number of halogens is 1. The average Bonchev–Trinajstić information content (AvgIpc) is 3.28. The van der Waals surface area contributed by atoms with E-state index in [1.807, 2.05) is 53.4 Å². The molecule has 3 heterocycles. The average molecular weight is 476 g/mol. The highest BCUT2D eigenvalue weighted by molar-refractivity contribution is 9.10. The third-order valence-corrected chi connectivity index (χ3v) is 6.53. The van der Waals surface area contributed by atoms with Gasteiger partial charge >= 0.3 is 0 Å². The summed E-state index contributed by atoms with van der Waals surface area (Å²) in [6, 6.07) is 18.0. The first-order chi connectivity index (χ1) is 15.1.